The van der Waals surface area contributed by atoms with E-state index in [1.54, 1.807) is 12.1 Å². The highest BCUT2D eigenvalue weighted by Crippen LogP contribution is 2.06. The van der Waals surface area contributed by atoms with Gasteiger partial charge >= 0.3 is 13.1 Å². The molecule has 0 amide bonds. The zero-order valence-electron chi connectivity index (χ0n) is 9.14. The third-order valence-corrected chi connectivity index (χ3v) is 2.45. The zero-order chi connectivity index (χ0) is 11.4. The fourth-order valence-corrected chi connectivity index (χ4v) is 1.67. The summed E-state index contributed by atoms with van der Waals surface area (Å²) in [5, 5.41) is 0. The Bertz CT molecular complexity index is 374. The second-order valence-electron chi connectivity index (χ2n) is 3.51. The van der Waals surface area contributed by atoms with Gasteiger partial charge in [0.05, 0.1) is 12.7 Å². The third kappa shape index (κ3) is 2.26. The zero-order valence-corrected chi connectivity index (χ0v) is 9.14. The van der Waals surface area contributed by atoms with Crippen molar-refractivity contribution in [2.45, 2.75) is 6.42 Å². The van der Waals surface area contributed by atoms with Gasteiger partial charge in [-0.05, 0) is 17.9 Å². The number of hydrogen-bond acceptors (Lipinski definition) is 4. The summed E-state index contributed by atoms with van der Waals surface area (Å²) in [5.74, 6) is -0.367. The first-order valence-electron chi connectivity index (χ1n) is 5.23. The van der Waals surface area contributed by atoms with E-state index < -0.39 is 7.12 Å². The van der Waals surface area contributed by atoms with Crippen molar-refractivity contribution in [3.8, 4) is 0 Å². The van der Waals surface area contributed by atoms with Crippen molar-refractivity contribution in [1.82, 2.24) is 0 Å². The van der Waals surface area contributed by atoms with E-state index in [2.05, 4.69) is 0 Å². The van der Waals surface area contributed by atoms with Gasteiger partial charge in [0.25, 0.3) is 0 Å². The molecule has 0 atom stereocenters. The number of rotatable bonds is 2. The van der Waals surface area contributed by atoms with Crippen molar-refractivity contribution >= 4 is 18.6 Å². The lowest BCUT2D eigenvalue weighted by Crippen LogP contribution is -2.43. The summed E-state index contributed by atoms with van der Waals surface area (Å²) >= 11 is 0. The summed E-state index contributed by atoms with van der Waals surface area (Å²) in [7, 11) is 0.908. The Hall–Kier alpha value is -1.33. The summed E-state index contributed by atoms with van der Waals surface area (Å²) in [5.41, 5.74) is 1.23. The number of methoxy groups -OCH3 is 1. The molecule has 0 spiro atoms. The second kappa shape index (κ2) is 5.14. The molecule has 1 aliphatic heterocycles. The maximum atomic E-state index is 11.5. The number of carbonyl (C=O) groups is 1. The monoisotopic (exact) mass is 220 g/mol. The molecule has 16 heavy (non-hydrogen) atoms. The molecule has 0 bridgehead atoms. The van der Waals surface area contributed by atoms with Gasteiger partial charge in [-0.2, -0.15) is 0 Å². The Morgan fingerprint density at radius 1 is 1.31 bits per heavy atom. The molecule has 0 saturated carbocycles. The van der Waals surface area contributed by atoms with Crippen molar-refractivity contribution in [3.63, 3.8) is 0 Å². The van der Waals surface area contributed by atoms with E-state index in [1.165, 1.54) is 7.11 Å². The van der Waals surface area contributed by atoms with E-state index in [0.29, 0.717) is 18.8 Å². The summed E-state index contributed by atoms with van der Waals surface area (Å²) in [6, 6.07) is 7.17. The first-order valence-corrected chi connectivity index (χ1v) is 5.23. The van der Waals surface area contributed by atoms with Gasteiger partial charge in [-0.25, -0.2) is 4.79 Å². The average Bonchev–Trinajstić information content (AvgIpc) is 2.39. The van der Waals surface area contributed by atoms with Crippen LogP contribution in [0.4, 0.5) is 0 Å². The molecule has 2 rings (SSSR count). The van der Waals surface area contributed by atoms with Gasteiger partial charge in [0.2, 0.25) is 0 Å². The molecule has 5 heteroatoms. The molecule has 84 valence electrons. The fourth-order valence-electron chi connectivity index (χ4n) is 1.67. The van der Waals surface area contributed by atoms with Crippen molar-refractivity contribution in [2.24, 2.45) is 0 Å². The summed E-state index contributed by atoms with van der Waals surface area (Å²) < 4.78 is 15.7. The Kier molecular flexibility index (Phi) is 3.59. The molecule has 1 aliphatic rings. The van der Waals surface area contributed by atoms with E-state index in [-0.39, 0.29) is 5.97 Å². The molecular weight excluding hydrogens is 207 g/mol. The van der Waals surface area contributed by atoms with Crippen LogP contribution in [0, 0.1) is 0 Å². The van der Waals surface area contributed by atoms with E-state index >= 15 is 0 Å². The standard InChI is InChI=1S/C11H13BO4/c1-14-11(13)9-5-2-3-6-10(9)12-15-7-4-8-16-12/h2-3,5-6H,4,7-8H2,1H3. The molecule has 1 aromatic rings. The molecule has 1 aromatic carbocycles. The van der Waals surface area contributed by atoms with Crippen LogP contribution in [0.15, 0.2) is 24.3 Å². The number of ether oxygens (including phenoxy) is 1. The Morgan fingerprint density at radius 2 is 2.00 bits per heavy atom. The molecule has 1 heterocycles. The van der Waals surface area contributed by atoms with Crippen molar-refractivity contribution in [1.29, 1.82) is 0 Å². The minimum Gasteiger partial charge on any atom is -0.465 e. The van der Waals surface area contributed by atoms with Crippen LogP contribution in [0.1, 0.15) is 16.8 Å². The van der Waals surface area contributed by atoms with E-state index in [4.69, 9.17) is 14.0 Å². The first kappa shape index (κ1) is 11.2. The average molecular weight is 220 g/mol. The number of hydrogen-bond donors (Lipinski definition) is 0. The molecule has 1 saturated heterocycles. The van der Waals surface area contributed by atoms with Crippen LogP contribution in [-0.2, 0) is 14.0 Å². The molecule has 0 N–H and O–H groups in total. The fraction of sp³-hybridized carbons (Fsp3) is 0.364. The number of esters is 1. The van der Waals surface area contributed by atoms with Crippen LogP contribution in [0.2, 0.25) is 0 Å². The Labute approximate surface area is 94.6 Å². The maximum absolute atomic E-state index is 11.5. The quantitative estimate of drug-likeness (QED) is 0.540. The minimum atomic E-state index is -0.455. The van der Waals surface area contributed by atoms with Crippen molar-refractivity contribution < 1.29 is 18.8 Å². The van der Waals surface area contributed by atoms with Crippen molar-refractivity contribution in [2.75, 3.05) is 20.3 Å². The highest BCUT2D eigenvalue weighted by molar-refractivity contribution is 6.63. The van der Waals surface area contributed by atoms with Gasteiger partial charge in [0, 0.05) is 13.2 Å². The number of carbonyl (C=O) groups excluding carboxylic acids is 1. The summed E-state index contributed by atoms with van der Waals surface area (Å²) in [6.07, 6.45) is 0.886. The predicted octanol–water partition coefficient (Wildman–Crippen LogP) is 0.605. The molecule has 4 nitrogen and oxygen atoms in total. The minimum absolute atomic E-state index is 0.367. The SMILES string of the molecule is COC(=O)c1ccccc1B1OCCCO1. The van der Waals surface area contributed by atoms with Gasteiger partial charge in [-0.15, -0.1) is 0 Å². The smallest absolute Gasteiger partial charge is 0.465 e. The van der Waals surface area contributed by atoms with E-state index in [0.717, 1.165) is 11.9 Å². The Balaban J connectivity index is 2.28. The Morgan fingerprint density at radius 3 is 2.69 bits per heavy atom. The molecular formula is C11H13BO4. The van der Waals surface area contributed by atoms with Gasteiger partial charge in [-0.3, -0.25) is 0 Å². The molecule has 1 fully saturated rings. The summed E-state index contributed by atoms with van der Waals surface area (Å²) in [6.45, 7) is 1.31. The van der Waals surface area contributed by atoms with Crippen molar-refractivity contribution in [3.05, 3.63) is 29.8 Å². The lowest BCUT2D eigenvalue weighted by Gasteiger charge is -2.21. The lowest BCUT2D eigenvalue weighted by molar-refractivity contribution is 0.0600. The van der Waals surface area contributed by atoms with Crippen LogP contribution >= 0.6 is 0 Å². The largest absolute Gasteiger partial charge is 0.494 e. The van der Waals surface area contributed by atoms with Gasteiger partial charge in [0.1, 0.15) is 0 Å². The summed E-state index contributed by atoms with van der Waals surface area (Å²) in [4.78, 5) is 11.5. The van der Waals surface area contributed by atoms with Crippen LogP contribution in [0.3, 0.4) is 0 Å². The normalized spacial score (nSPS) is 15.9. The third-order valence-electron chi connectivity index (χ3n) is 2.45. The van der Waals surface area contributed by atoms with Gasteiger partial charge in [-0.1, -0.05) is 18.2 Å². The van der Waals surface area contributed by atoms with E-state index in [9.17, 15) is 4.79 Å². The number of benzene rings is 1. The highest BCUT2D eigenvalue weighted by Gasteiger charge is 2.28. The topological polar surface area (TPSA) is 44.8 Å². The van der Waals surface area contributed by atoms with Crippen LogP contribution < -0.4 is 5.46 Å². The van der Waals surface area contributed by atoms with Crippen LogP contribution in [0.5, 0.6) is 0 Å². The van der Waals surface area contributed by atoms with Gasteiger partial charge < -0.3 is 14.0 Å². The van der Waals surface area contributed by atoms with Gasteiger partial charge in [0.15, 0.2) is 0 Å². The van der Waals surface area contributed by atoms with Crippen LogP contribution in [0.25, 0.3) is 0 Å². The molecule has 0 radical (unpaired) electrons. The maximum Gasteiger partial charge on any atom is 0.494 e. The first-order chi connectivity index (χ1) is 7.83. The van der Waals surface area contributed by atoms with Crippen LogP contribution in [-0.4, -0.2) is 33.4 Å². The second-order valence-corrected chi connectivity index (χ2v) is 3.51. The molecule has 0 aliphatic carbocycles. The van der Waals surface area contributed by atoms with E-state index in [1.807, 2.05) is 12.1 Å². The molecule has 0 aromatic heterocycles. The predicted molar refractivity (Wildman–Crippen MR) is 59.7 cm³/mol. The molecule has 0 unspecified atom stereocenters. The lowest BCUT2D eigenvalue weighted by atomic mass is 9.75. The highest BCUT2D eigenvalue weighted by atomic mass is 16.6.